The third-order valence-corrected chi connectivity index (χ3v) is 7.63. The first kappa shape index (κ1) is 30.6. The summed E-state index contributed by atoms with van der Waals surface area (Å²) in [4.78, 5) is 0. The molecule has 0 aliphatic heterocycles. The lowest BCUT2D eigenvalue weighted by molar-refractivity contribution is -0.671. The van der Waals surface area contributed by atoms with Crippen LogP contribution in [0.5, 0.6) is 0 Å². The average molecular weight is 549 g/mol. The Labute approximate surface area is 177 Å². The molecule has 7 nitrogen and oxygen atoms in total. The molecule has 1 aromatic heterocycles. The maximum absolute atomic E-state index is 12.3. The number of aromatic nitrogens is 2. The second-order valence-corrected chi connectivity index (χ2v) is 16.3. The molecular weight excluding hydrogens is 532 g/mol. The third-order valence-electron chi connectivity index (χ3n) is 2.98. The first-order valence-corrected chi connectivity index (χ1v) is 14.4. The summed E-state index contributed by atoms with van der Waals surface area (Å²) in [5, 5.41) is -14.0. The molecule has 0 spiro atoms. The molecule has 0 bridgehead atoms. The molecule has 0 N–H and O–H groups in total. The predicted molar refractivity (Wildman–Crippen MR) is 92.2 cm³/mol. The van der Waals surface area contributed by atoms with Crippen molar-refractivity contribution in [2.75, 3.05) is 0 Å². The van der Waals surface area contributed by atoms with Gasteiger partial charge in [0.05, 0.1) is 21.3 Å². The van der Waals surface area contributed by atoms with Gasteiger partial charge in [0.15, 0.2) is 20.0 Å². The summed E-state index contributed by atoms with van der Waals surface area (Å²) in [6, 6.07) is 0. The van der Waals surface area contributed by atoms with Crippen molar-refractivity contribution in [3.05, 3.63) is 22.8 Å². The number of hydrogen-bond donors (Lipinski definition) is 0. The van der Waals surface area contributed by atoms with Crippen LogP contribution in [0.2, 0.25) is 19.6 Å². The van der Waals surface area contributed by atoms with Crippen molar-refractivity contribution in [1.29, 1.82) is 0 Å². The van der Waals surface area contributed by atoms with Crippen molar-refractivity contribution in [3.8, 4) is 0 Å². The number of alkyl halides is 10. The van der Waals surface area contributed by atoms with E-state index < -0.39 is 51.0 Å². The Morgan fingerprint density at radius 1 is 0.812 bits per heavy atom. The Balaban J connectivity index is 0.000000726. The summed E-state index contributed by atoms with van der Waals surface area (Å²) in [5.74, 6) is 0. The molecule has 0 saturated carbocycles. The molecule has 0 fully saturated rings. The number of halogens is 10. The number of hydrogen-bond acceptors (Lipinski definition) is 4. The largest absolute Gasteiger partial charge is 0.467 e. The molecule has 32 heavy (non-hydrogen) atoms. The lowest BCUT2D eigenvalue weighted by Gasteiger charge is -2.31. The van der Waals surface area contributed by atoms with Crippen LogP contribution in [-0.4, -0.2) is 52.3 Å². The Kier molecular flexibility index (Phi) is 8.68. The van der Waals surface area contributed by atoms with E-state index >= 15 is 0 Å². The maximum atomic E-state index is 12.3. The highest BCUT2D eigenvalue weighted by Crippen LogP contribution is 2.47. The second kappa shape index (κ2) is 9.09. The Morgan fingerprint density at radius 3 is 1.38 bits per heavy atom. The molecule has 1 heterocycles. The quantitative estimate of drug-likeness (QED) is 0.309. The standard InChI is InChI=1S/C8H17N2Si.C4F10NO4S2/c1-9-5-6-10(7-9)8-11(2,3)4;5-1(6,7)3(11,12)20(16,17)15-21(18,19)4(13,14)2(8,9)10/h5-7H,8H2,1-4H3;/q+1;-1. The molecule has 20 heteroatoms. The van der Waals surface area contributed by atoms with Crippen LogP contribution < -0.4 is 4.57 Å². The fraction of sp³-hybridized carbons (Fsp3) is 0.750. The summed E-state index contributed by atoms with van der Waals surface area (Å²) >= 11 is 0. The van der Waals surface area contributed by atoms with Crippen molar-refractivity contribution in [3.63, 3.8) is 0 Å². The van der Waals surface area contributed by atoms with Gasteiger partial charge in [-0.15, -0.1) is 0 Å². The van der Waals surface area contributed by atoms with Crippen LogP contribution in [0, 0.1) is 0 Å². The number of rotatable bonds is 6. The van der Waals surface area contributed by atoms with Crippen molar-refractivity contribution >= 4 is 28.1 Å². The van der Waals surface area contributed by atoms with Gasteiger partial charge in [-0.25, -0.2) is 26.0 Å². The molecule has 190 valence electrons. The molecule has 0 aliphatic rings. The number of nitrogens with zero attached hydrogens (tertiary/aromatic N) is 3. The zero-order chi connectivity index (χ0) is 26.2. The second-order valence-electron chi connectivity index (χ2n) is 7.37. The van der Waals surface area contributed by atoms with Gasteiger partial charge in [0.25, 0.3) is 0 Å². The van der Waals surface area contributed by atoms with Gasteiger partial charge < -0.3 is 4.13 Å². The average Bonchev–Trinajstić information content (AvgIpc) is 2.87. The highest BCUT2D eigenvalue weighted by molar-refractivity contribution is 8.13. The van der Waals surface area contributed by atoms with Gasteiger partial charge in [-0.05, 0) is 0 Å². The number of aryl methyl sites for hydroxylation is 1. The van der Waals surface area contributed by atoms with Crippen LogP contribution in [0.4, 0.5) is 43.9 Å². The molecule has 0 aliphatic carbocycles. The van der Waals surface area contributed by atoms with Crippen LogP contribution in [0.1, 0.15) is 0 Å². The van der Waals surface area contributed by atoms with Crippen LogP contribution in [-0.2, 0) is 33.3 Å². The van der Waals surface area contributed by atoms with E-state index in [2.05, 4.69) is 54.5 Å². The van der Waals surface area contributed by atoms with E-state index in [9.17, 15) is 60.7 Å². The first-order chi connectivity index (χ1) is 13.7. The van der Waals surface area contributed by atoms with Gasteiger partial charge >= 0.3 is 22.9 Å². The molecular formula is C12H17F10N3O4S2Si. The van der Waals surface area contributed by atoms with E-state index in [0.717, 1.165) is 0 Å². The monoisotopic (exact) mass is 549 g/mol. The van der Waals surface area contributed by atoms with Gasteiger partial charge in [-0.1, -0.05) is 19.6 Å². The van der Waals surface area contributed by atoms with E-state index in [4.69, 9.17) is 0 Å². The molecule has 1 rings (SSSR count). The van der Waals surface area contributed by atoms with E-state index in [0.29, 0.717) is 4.13 Å². The highest BCUT2D eigenvalue weighted by atomic mass is 32.3. The van der Waals surface area contributed by atoms with Gasteiger partial charge in [0.2, 0.25) is 6.33 Å². The fourth-order valence-corrected chi connectivity index (χ4v) is 5.31. The van der Waals surface area contributed by atoms with Crippen LogP contribution in [0.3, 0.4) is 0 Å². The van der Waals surface area contributed by atoms with Crippen LogP contribution >= 0.6 is 0 Å². The van der Waals surface area contributed by atoms with E-state index in [-0.39, 0.29) is 0 Å². The molecule has 0 aromatic carbocycles. The summed E-state index contributed by atoms with van der Waals surface area (Å²) in [7, 11) is -14.1. The molecule has 0 radical (unpaired) electrons. The third kappa shape index (κ3) is 7.30. The normalized spacial score (nSPS) is 14.7. The first-order valence-electron chi connectivity index (χ1n) is 7.81. The van der Waals surface area contributed by atoms with E-state index in [1.807, 2.05) is 0 Å². The van der Waals surface area contributed by atoms with Gasteiger partial charge in [0.1, 0.15) is 12.4 Å². The van der Waals surface area contributed by atoms with Crippen LogP contribution in [0.15, 0.2) is 18.7 Å². The Morgan fingerprint density at radius 2 is 1.16 bits per heavy atom. The molecule has 0 unspecified atom stereocenters. The lowest BCUT2D eigenvalue weighted by Crippen LogP contribution is -2.48. The molecule has 1 aromatic rings. The minimum Gasteiger partial charge on any atom is -0.425 e. The zero-order valence-corrected chi connectivity index (χ0v) is 19.1. The van der Waals surface area contributed by atoms with E-state index in [1.54, 1.807) is 0 Å². The smallest absolute Gasteiger partial charge is 0.425 e. The Bertz CT molecular complexity index is 941. The van der Waals surface area contributed by atoms with Crippen molar-refractivity contribution in [2.45, 2.75) is 48.7 Å². The van der Waals surface area contributed by atoms with Gasteiger partial charge in [-0.3, -0.25) is 0 Å². The molecule has 0 atom stereocenters. The Hall–Kier alpha value is -1.41. The lowest BCUT2D eigenvalue weighted by atomic mass is 10.7. The highest BCUT2D eigenvalue weighted by Gasteiger charge is 2.68. The van der Waals surface area contributed by atoms with Gasteiger partial charge in [0, 0.05) is 0 Å². The van der Waals surface area contributed by atoms with E-state index in [1.165, 1.54) is 6.17 Å². The minimum atomic E-state index is -7.62. The van der Waals surface area contributed by atoms with Gasteiger partial charge in [-0.2, -0.15) is 43.9 Å². The summed E-state index contributed by atoms with van der Waals surface area (Å²) in [6.07, 6.45) is -6.43. The SMILES string of the molecule is C[n+]1ccn(C[Si](C)(C)C)c1.O=S(=O)([N-]S(=O)(=O)C(F)(F)C(F)(F)F)C(F)(F)C(F)(F)F. The number of sulfonamides is 2. The topological polar surface area (TPSA) is 91.2 Å². The summed E-state index contributed by atoms with van der Waals surface area (Å²) in [5.41, 5.74) is 0. The van der Waals surface area contributed by atoms with Crippen LogP contribution in [0.25, 0.3) is 4.13 Å². The zero-order valence-electron chi connectivity index (χ0n) is 16.5. The van der Waals surface area contributed by atoms with Crippen molar-refractivity contribution < 1.29 is 65.3 Å². The molecule has 0 amide bonds. The predicted octanol–water partition coefficient (Wildman–Crippen LogP) is 3.52. The number of imidazole rings is 1. The minimum absolute atomic E-state index is 0.422. The van der Waals surface area contributed by atoms with Crippen molar-refractivity contribution in [2.24, 2.45) is 7.05 Å². The van der Waals surface area contributed by atoms with Crippen molar-refractivity contribution in [1.82, 2.24) is 4.57 Å². The summed E-state index contributed by atoms with van der Waals surface area (Å²) < 4.78 is 165. The molecule has 0 saturated heterocycles. The maximum Gasteiger partial charge on any atom is 0.467 e. The fourth-order valence-electron chi connectivity index (χ4n) is 1.66. The summed E-state index contributed by atoms with van der Waals surface area (Å²) in [6.45, 7) is 7.15.